The van der Waals surface area contributed by atoms with Crippen LogP contribution in [0.15, 0.2) is 24.3 Å². The van der Waals surface area contributed by atoms with Crippen LogP contribution in [0.1, 0.15) is 32.8 Å². The molecule has 0 radical (unpaired) electrons. The number of anilines is 1. The number of benzene rings is 1. The first-order chi connectivity index (χ1) is 10.5. The van der Waals surface area contributed by atoms with E-state index in [1.165, 1.54) is 5.56 Å². The highest BCUT2D eigenvalue weighted by molar-refractivity contribution is 6.01. The Hall–Kier alpha value is -1.84. The molecule has 0 saturated carbocycles. The van der Waals surface area contributed by atoms with E-state index in [2.05, 4.69) is 26.8 Å². The highest BCUT2D eigenvalue weighted by atomic mass is 16.2. The van der Waals surface area contributed by atoms with Gasteiger partial charge in [-0.1, -0.05) is 32.0 Å². The lowest BCUT2D eigenvalue weighted by atomic mass is 10.1. The van der Waals surface area contributed by atoms with Crippen molar-refractivity contribution >= 4 is 17.5 Å². The van der Waals surface area contributed by atoms with E-state index in [0.29, 0.717) is 18.9 Å². The fourth-order valence-electron chi connectivity index (χ4n) is 3.65. The van der Waals surface area contributed by atoms with Crippen molar-refractivity contribution in [3.63, 3.8) is 0 Å². The number of nitrogens with zero attached hydrogens (tertiary/aromatic N) is 2. The minimum Gasteiger partial charge on any atom is -0.342 e. The predicted molar refractivity (Wildman–Crippen MR) is 86.6 cm³/mol. The summed E-state index contributed by atoms with van der Waals surface area (Å²) in [6.07, 6.45) is 1.26. The lowest BCUT2D eigenvalue weighted by molar-refractivity contribution is -0.128. The van der Waals surface area contributed by atoms with Gasteiger partial charge in [-0.3, -0.25) is 9.59 Å². The Morgan fingerprint density at radius 3 is 2.73 bits per heavy atom. The topological polar surface area (TPSA) is 40.6 Å². The molecule has 22 heavy (non-hydrogen) atoms. The van der Waals surface area contributed by atoms with Crippen molar-refractivity contribution < 1.29 is 9.59 Å². The van der Waals surface area contributed by atoms with Crippen molar-refractivity contribution in [3.05, 3.63) is 29.8 Å². The maximum absolute atomic E-state index is 12.9. The number of fused-ring (bicyclic) bond motifs is 1. The largest absolute Gasteiger partial charge is 0.342 e. The number of para-hydroxylation sites is 1. The lowest BCUT2D eigenvalue weighted by Gasteiger charge is -2.26. The molecular weight excluding hydrogens is 276 g/mol. The molecule has 1 aromatic rings. The molecule has 0 unspecified atom stereocenters. The third kappa shape index (κ3) is 2.62. The van der Waals surface area contributed by atoms with Gasteiger partial charge in [-0.05, 0) is 30.9 Å². The van der Waals surface area contributed by atoms with Gasteiger partial charge in [-0.2, -0.15) is 0 Å². The van der Waals surface area contributed by atoms with Crippen LogP contribution in [-0.4, -0.2) is 35.8 Å². The van der Waals surface area contributed by atoms with Crippen molar-refractivity contribution in [1.29, 1.82) is 0 Å². The summed E-state index contributed by atoms with van der Waals surface area (Å²) in [6.45, 7) is 7.60. The molecule has 1 aromatic carbocycles. The average molecular weight is 300 g/mol. The van der Waals surface area contributed by atoms with Gasteiger partial charge < -0.3 is 9.80 Å². The maximum Gasteiger partial charge on any atom is 0.232 e. The smallest absolute Gasteiger partial charge is 0.232 e. The molecule has 1 saturated heterocycles. The van der Waals surface area contributed by atoms with Crippen LogP contribution in [0, 0.1) is 11.8 Å². The van der Waals surface area contributed by atoms with Crippen molar-refractivity contribution in [2.45, 2.75) is 39.7 Å². The first-order valence-electron chi connectivity index (χ1n) is 8.16. The lowest BCUT2D eigenvalue weighted by Crippen LogP contribution is -2.41. The molecule has 1 fully saturated rings. The van der Waals surface area contributed by atoms with Gasteiger partial charge in [0.2, 0.25) is 11.8 Å². The Morgan fingerprint density at radius 1 is 1.27 bits per heavy atom. The van der Waals surface area contributed by atoms with E-state index in [4.69, 9.17) is 0 Å². The van der Waals surface area contributed by atoms with Crippen LogP contribution >= 0.6 is 0 Å². The predicted octanol–water partition coefficient (Wildman–Crippen LogP) is 2.47. The normalized spacial score (nSPS) is 24.3. The van der Waals surface area contributed by atoms with Crippen LogP contribution in [0.25, 0.3) is 0 Å². The van der Waals surface area contributed by atoms with Crippen LogP contribution < -0.4 is 4.90 Å². The number of amides is 2. The number of hydrogen-bond donors (Lipinski definition) is 0. The minimum atomic E-state index is -0.195. The van der Waals surface area contributed by atoms with Crippen molar-refractivity contribution in [3.8, 4) is 0 Å². The summed E-state index contributed by atoms with van der Waals surface area (Å²) in [4.78, 5) is 28.8. The third-order valence-electron chi connectivity index (χ3n) is 4.59. The molecule has 118 valence electrons. The second-order valence-corrected chi connectivity index (χ2v) is 6.98. The number of rotatable bonds is 3. The third-order valence-corrected chi connectivity index (χ3v) is 4.59. The van der Waals surface area contributed by atoms with Gasteiger partial charge in [0.25, 0.3) is 0 Å². The van der Waals surface area contributed by atoms with E-state index in [1.807, 2.05) is 28.0 Å². The van der Waals surface area contributed by atoms with Crippen molar-refractivity contribution in [1.82, 2.24) is 4.90 Å². The van der Waals surface area contributed by atoms with Crippen LogP contribution in [0.2, 0.25) is 0 Å². The summed E-state index contributed by atoms with van der Waals surface area (Å²) >= 11 is 0. The molecule has 4 heteroatoms. The molecule has 3 rings (SSSR count). The molecule has 2 atom stereocenters. The molecule has 0 N–H and O–H groups in total. The van der Waals surface area contributed by atoms with Crippen LogP contribution in [0.4, 0.5) is 5.69 Å². The van der Waals surface area contributed by atoms with Gasteiger partial charge in [0.15, 0.2) is 0 Å². The molecule has 0 aromatic heterocycles. The molecule has 2 aliphatic rings. The van der Waals surface area contributed by atoms with Gasteiger partial charge >= 0.3 is 0 Å². The highest BCUT2D eigenvalue weighted by Gasteiger charge is 2.40. The zero-order valence-corrected chi connectivity index (χ0v) is 13.6. The van der Waals surface area contributed by atoms with Gasteiger partial charge in [0.1, 0.15) is 0 Å². The molecule has 2 amide bonds. The second-order valence-electron chi connectivity index (χ2n) is 6.98. The number of carbonyl (C=O) groups excluding carboxylic acids is 2. The van der Waals surface area contributed by atoms with E-state index >= 15 is 0 Å². The molecule has 0 spiro atoms. The van der Waals surface area contributed by atoms with Gasteiger partial charge in [-0.15, -0.1) is 0 Å². The van der Waals surface area contributed by atoms with E-state index < -0.39 is 0 Å². The van der Waals surface area contributed by atoms with E-state index in [0.717, 1.165) is 18.7 Å². The van der Waals surface area contributed by atoms with Crippen LogP contribution in [0.5, 0.6) is 0 Å². The molecule has 4 nitrogen and oxygen atoms in total. The summed E-state index contributed by atoms with van der Waals surface area (Å²) in [5, 5.41) is 0. The maximum atomic E-state index is 12.9. The fraction of sp³-hybridized carbons (Fsp3) is 0.556. The van der Waals surface area contributed by atoms with Gasteiger partial charge in [-0.25, -0.2) is 0 Å². The van der Waals surface area contributed by atoms with Crippen molar-refractivity contribution in [2.24, 2.45) is 11.8 Å². The van der Waals surface area contributed by atoms with Crippen LogP contribution in [-0.2, 0) is 16.0 Å². The zero-order chi connectivity index (χ0) is 15.9. The summed E-state index contributed by atoms with van der Waals surface area (Å²) in [5.41, 5.74) is 2.25. The minimum absolute atomic E-state index is 0.108. The summed E-state index contributed by atoms with van der Waals surface area (Å²) in [7, 11) is 0. The Balaban J connectivity index is 1.76. The molecule has 0 bridgehead atoms. The summed E-state index contributed by atoms with van der Waals surface area (Å²) in [5.74, 6) is 0.466. The summed E-state index contributed by atoms with van der Waals surface area (Å²) < 4.78 is 0. The molecular formula is C18H24N2O2. The first kappa shape index (κ1) is 15.1. The van der Waals surface area contributed by atoms with E-state index in [-0.39, 0.29) is 23.8 Å². The zero-order valence-electron chi connectivity index (χ0n) is 13.6. The first-order valence-corrected chi connectivity index (χ1v) is 8.16. The highest BCUT2D eigenvalue weighted by Crippen LogP contribution is 2.34. The SMILES string of the molecule is CC(C)CN1C[C@H](C(=O)N2c3ccccc3C[C@H]2C)CC1=O. The summed E-state index contributed by atoms with van der Waals surface area (Å²) in [6, 6.07) is 8.27. The fourth-order valence-corrected chi connectivity index (χ4v) is 3.65. The van der Waals surface area contributed by atoms with E-state index in [9.17, 15) is 9.59 Å². The monoisotopic (exact) mass is 300 g/mol. The molecule has 2 heterocycles. The van der Waals surface area contributed by atoms with Gasteiger partial charge in [0.05, 0.1) is 5.92 Å². The Labute approximate surface area is 132 Å². The number of hydrogen-bond acceptors (Lipinski definition) is 2. The molecule has 2 aliphatic heterocycles. The van der Waals surface area contributed by atoms with Gasteiger partial charge in [0, 0.05) is 31.2 Å². The van der Waals surface area contributed by atoms with Crippen LogP contribution in [0.3, 0.4) is 0 Å². The Kier molecular flexibility index (Phi) is 3.94. The second kappa shape index (κ2) is 5.75. The molecule has 0 aliphatic carbocycles. The Bertz CT molecular complexity index is 597. The van der Waals surface area contributed by atoms with E-state index in [1.54, 1.807) is 0 Å². The standard InChI is InChI=1S/C18H24N2O2/c1-12(2)10-19-11-15(9-17(19)21)18(22)20-13(3)8-14-6-4-5-7-16(14)20/h4-7,12-13,15H,8-11H2,1-3H3/t13-,15-/m1/s1. The average Bonchev–Trinajstić information content (AvgIpc) is 2.97. The quantitative estimate of drug-likeness (QED) is 0.860. The number of carbonyl (C=O) groups is 2. The van der Waals surface area contributed by atoms with Crippen molar-refractivity contribution in [2.75, 3.05) is 18.0 Å². The Morgan fingerprint density at radius 2 is 2.00 bits per heavy atom. The number of likely N-dealkylation sites (tertiary alicyclic amines) is 1.